The smallest absolute Gasteiger partial charge is 0.0994 e. The van der Waals surface area contributed by atoms with E-state index in [0.29, 0.717) is 0 Å². The van der Waals surface area contributed by atoms with Gasteiger partial charge in [-0.2, -0.15) is 5.26 Å². The number of benzene rings is 1. The second-order valence-electron chi connectivity index (χ2n) is 4.78. The van der Waals surface area contributed by atoms with Crippen LogP contribution in [-0.2, 0) is 4.74 Å². The van der Waals surface area contributed by atoms with E-state index in [-0.39, 0.29) is 6.10 Å². The molecule has 0 bridgehead atoms. The Labute approximate surface area is 108 Å². The van der Waals surface area contributed by atoms with Crippen molar-refractivity contribution in [2.24, 2.45) is 0 Å². The Morgan fingerprint density at radius 1 is 1.56 bits per heavy atom. The molecule has 0 amide bonds. The van der Waals surface area contributed by atoms with Crippen molar-refractivity contribution in [2.75, 3.05) is 38.6 Å². The highest BCUT2D eigenvalue weighted by molar-refractivity contribution is 5.51. The fourth-order valence-corrected chi connectivity index (χ4v) is 2.12. The van der Waals surface area contributed by atoms with Crippen LogP contribution in [0.25, 0.3) is 0 Å². The molecule has 0 spiro atoms. The summed E-state index contributed by atoms with van der Waals surface area (Å²) in [5, 5.41) is 12.2. The van der Waals surface area contributed by atoms with Crippen LogP contribution >= 0.6 is 0 Å². The molecule has 1 heterocycles. The number of aryl methyl sites for hydroxylation is 1. The third kappa shape index (κ3) is 3.22. The van der Waals surface area contributed by atoms with Gasteiger partial charge in [0.05, 0.1) is 24.3 Å². The molecule has 18 heavy (non-hydrogen) atoms. The van der Waals surface area contributed by atoms with Gasteiger partial charge in [0.15, 0.2) is 0 Å². The van der Waals surface area contributed by atoms with Crippen LogP contribution in [0.2, 0.25) is 0 Å². The lowest BCUT2D eigenvalue weighted by molar-refractivity contribution is -0.0117. The molecule has 0 aromatic heterocycles. The Balaban J connectivity index is 1.90. The number of nitriles is 1. The van der Waals surface area contributed by atoms with Crippen LogP contribution in [0.1, 0.15) is 11.1 Å². The van der Waals surface area contributed by atoms with E-state index in [1.165, 1.54) is 0 Å². The Morgan fingerprint density at radius 2 is 2.39 bits per heavy atom. The lowest BCUT2D eigenvalue weighted by atomic mass is 10.1. The van der Waals surface area contributed by atoms with Crippen LogP contribution in [0.3, 0.4) is 0 Å². The van der Waals surface area contributed by atoms with Gasteiger partial charge in [-0.05, 0) is 37.7 Å². The van der Waals surface area contributed by atoms with Crippen molar-refractivity contribution in [3.63, 3.8) is 0 Å². The number of anilines is 1. The molecule has 4 heteroatoms. The molecule has 1 aromatic carbocycles. The summed E-state index contributed by atoms with van der Waals surface area (Å²) in [6, 6.07) is 7.97. The van der Waals surface area contributed by atoms with Crippen molar-refractivity contribution in [3.05, 3.63) is 29.3 Å². The third-order valence-electron chi connectivity index (χ3n) is 3.22. The minimum atomic E-state index is 0.236. The number of likely N-dealkylation sites (N-methyl/N-ethyl adjacent to an activating group) is 1. The fraction of sp³-hybridized carbons (Fsp3) is 0.500. The van der Waals surface area contributed by atoms with E-state index in [4.69, 9.17) is 10.00 Å². The van der Waals surface area contributed by atoms with Gasteiger partial charge < -0.3 is 15.0 Å². The first-order chi connectivity index (χ1) is 8.69. The maximum atomic E-state index is 8.88. The van der Waals surface area contributed by atoms with E-state index in [2.05, 4.69) is 23.3 Å². The number of nitrogens with one attached hydrogen (secondary N) is 1. The Kier molecular flexibility index (Phi) is 4.19. The monoisotopic (exact) mass is 245 g/mol. The zero-order chi connectivity index (χ0) is 13.0. The molecule has 1 atom stereocenters. The lowest BCUT2D eigenvalue weighted by Gasteiger charge is -2.30. The number of ether oxygens (including phenoxy) is 1. The minimum absolute atomic E-state index is 0.236. The van der Waals surface area contributed by atoms with E-state index in [9.17, 15) is 0 Å². The van der Waals surface area contributed by atoms with Gasteiger partial charge in [-0.3, -0.25) is 0 Å². The van der Waals surface area contributed by atoms with Gasteiger partial charge in [-0.15, -0.1) is 0 Å². The Bertz CT molecular complexity index is 453. The summed E-state index contributed by atoms with van der Waals surface area (Å²) in [5.41, 5.74) is 2.78. The third-order valence-corrected chi connectivity index (χ3v) is 3.22. The zero-order valence-electron chi connectivity index (χ0n) is 10.9. The van der Waals surface area contributed by atoms with Gasteiger partial charge in [0, 0.05) is 25.3 Å². The number of hydrogen-bond donors (Lipinski definition) is 1. The van der Waals surface area contributed by atoms with Crippen LogP contribution in [0, 0.1) is 18.3 Å². The molecule has 1 unspecified atom stereocenters. The van der Waals surface area contributed by atoms with Crippen LogP contribution < -0.4 is 5.32 Å². The summed E-state index contributed by atoms with van der Waals surface area (Å²) in [6.07, 6.45) is 0.236. The average Bonchev–Trinajstić information content (AvgIpc) is 2.37. The Morgan fingerprint density at radius 3 is 3.06 bits per heavy atom. The average molecular weight is 245 g/mol. The second kappa shape index (κ2) is 5.85. The molecule has 0 saturated carbocycles. The molecule has 1 aromatic rings. The van der Waals surface area contributed by atoms with Crippen molar-refractivity contribution in [3.8, 4) is 6.07 Å². The minimum Gasteiger partial charge on any atom is -0.382 e. The Hall–Kier alpha value is -1.57. The molecule has 1 saturated heterocycles. The summed E-state index contributed by atoms with van der Waals surface area (Å²) < 4.78 is 5.69. The van der Waals surface area contributed by atoms with E-state index < -0.39 is 0 Å². The van der Waals surface area contributed by atoms with Gasteiger partial charge in [-0.25, -0.2) is 0 Å². The molecule has 4 nitrogen and oxygen atoms in total. The first kappa shape index (κ1) is 12.9. The number of hydrogen-bond acceptors (Lipinski definition) is 4. The standard InChI is InChI=1S/C14H19N3O/c1-11-7-13(4-3-12(11)8-15)16-9-14-10-17(2)5-6-18-14/h3-4,7,14,16H,5-6,9-10H2,1-2H3. The normalized spacial score (nSPS) is 20.4. The molecule has 1 N–H and O–H groups in total. The van der Waals surface area contributed by atoms with Crippen molar-refractivity contribution >= 4 is 5.69 Å². The molecular formula is C14H19N3O. The maximum Gasteiger partial charge on any atom is 0.0994 e. The molecule has 1 aliphatic heterocycles. The predicted octanol–water partition coefficient (Wildman–Crippen LogP) is 1.61. The summed E-state index contributed by atoms with van der Waals surface area (Å²) in [4.78, 5) is 2.28. The molecule has 96 valence electrons. The van der Waals surface area contributed by atoms with Crippen molar-refractivity contribution in [2.45, 2.75) is 13.0 Å². The molecular weight excluding hydrogens is 226 g/mol. The fourth-order valence-electron chi connectivity index (χ4n) is 2.12. The molecule has 1 fully saturated rings. The SMILES string of the molecule is Cc1cc(NCC2CN(C)CCO2)ccc1C#N. The van der Waals surface area contributed by atoms with Crippen molar-refractivity contribution in [1.82, 2.24) is 4.90 Å². The molecule has 1 aliphatic rings. The van der Waals surface area contributed by atoms with Gasteiger partial charge in [0.1, 0.15) is 0 Å². The van der Waals surface area contributed by atoms with E-state index in [0.717, 1.165) is 43.1 Å². The van der Waals surface area contributed by atoms with E-state index in [1.54, 1.807) is 0 Å². The molecule has 2 rings (SSSR count). The van der Waals surface area contributed by atoms with Crippen LogP contribution in [0.15, 0.2) is 18.2 Å². The second-order valence-corrected chi connectivity index (χ2v) is 4.78. The quantitative estimate of drug-likeness (QED) is 0.879. The number of rotatable bonds is 3. The van der Waals surface area contributed by atoms with Crippen LogP contribution in [0.4, 0.5) is 5.69 Å². The lowest BCUT2D eigenvalue weighted by Crippen LogP contribution is -2.43. The number of nitrogens with zero attached hydrogens (tertiary/aromatic N) is 2. The predicted molar refractivity (Wildman–Crippen MR) is 71.6 cm³/mol. The highest BCUT2D eigenvalue weighted by Gasteiger charge is 2.17. The van der Waals surface area contributed by atoms with Crippen LogP contribution in [-0.4, -0.2) is 44.3 Å². The van der Waals surface area contributed by atoms with Gasteiger partial charge in [0.25, 0.3) is 0 Å². The van der Waals surface area contributed by atoms with Gasteiger partial charge in [0.2, 0.25) is 0 Å². The van der Waals surface area contributed by atoms with Crippen molar-refractivity contribution < 1.29 is 4.74 Å². The van der Waals surface area contributed by atoms with E-state index >= 15 is 0 Å². The first-order valence-corrected chi connectivity index (χ1v) is 6.24. The van der Waals surface area contributed by atoms with Gasteiger partial charge in [-0.1, -0.05) is 0 Å². The topological polar surface area (TPSA) is 48.3 Å². The van der Waals surface area contributed by atoms with Crippen molar-refractivity contribution in [1.29, 1.82) is 5.26 Å². The molecule has 0 radical (unpaired) electrons. The van der Waals surface area contributed by atoms with Crippen LogP contribution in [0.5, 0.6) is 0 Å². The van der Waals surface area contributed by atoms with Gasteiger partial charge >= 0.3 is 0 Å². The largest absolute Gasteiger partial charge is 0.382 e. The first-order valence-electron chi connectivity index (χ1n) is 6.24. The zero-order valence-corrected chi connectivity index (χ0v) is 10.9. The van der Waals surface area contributed by atoms with E-state index in [1.807, 2.05) is 25.1 Å². The maximum absolute atomic E-state index is 8.88. The summed E-state index contributed by atoms with van der Waals surface area (Å²) in [5.74, 6) is 0. The summed E-state index contributed by atoms with van der Waals surface area (Å²) in [7, 11) is 2.11. The summed E-state index contributed by atoms with van der Waals surface area (Å²) >= 11 is 0. The highest BCUT2D eigenvalue weighted by atomic mass is 16.5. The number of morpholine rings is 1. The highest BCUT2D eigenvalue weighted by Crippen LogP contribution is 2.15. The summed E-state index contributed by atoms with van der Waals surface area (Å²) in [6.45, 7) is 5.52. The molecule has 0 aliphatic carbocycles.